The van der Waals surface area contributed by atoms with Gasteiger partial charge in [-0.2, -0.15) is 5.26 Å². The van der Waals surface area contributed by atoms with Gasteiger partial charge in [-0.05, 0) is 47.9 Å². The average molecular weight is 371 g/mol. The minimum atomic E-state index is -0.498. The number of nitrogens with one attached hydrogen (secondary N) is 1. The van der Waals surface area contributed by atoms with E-state index in [4.69, 9.17) is 21.1 Å². The number of hydrogen-bond acceptors (Lipinski definition) is 4. The average Bonchev–Trinajstić information content (AvgIpc) is 2.66. The lowest BCUT2D eigenvalue weighted by atomic mass is 10.1. The zero-order valence-corrected chi connectivity index (χ0v) is 15.6. The van der Waals surface area contributed by atoms with Crippen LogP contribution in [0.2, 0.25) is 5.02 Å². The Kier molecular flexibility index (Phi) is 6.65. The molecule has 2 aromatic carbocycles. The number of ether oxygens (including phenoxy) is 2. The van der Waals surface area contributed by atoms with Gasteiger partial charge in [0.2, 0.25) is 0 Å². The van der Waals surface area contributed by atoms with Crippen LogP contribution in [-0.2, 0) is 11.2 Å². The van der Waals surface area contributed by atoms with E-state index in [0.717, 1.165) is 6.42 Å². The van der Waals surface area contributed by atoms with Gasteiger partial charge in [0.25, 0.3) is 5.91 Å². The summed E-state index contributed by atoms with van der Waals surface area (Å²) in [5, 5.41) is 12.4. The molecule has 0 aliphatic rings. The molecule has 0 atom stereocenters. The molecule has 0 saturated carbocycles. The van der Waals surface area contributed by atoms with Crippen LogP contribution in [0, 0.1) is 11.3 Å². The zero-order valence-electron chi connectivity index (χ0n) is 14.8. The fraction of sp³-hybridized carbons (Fsp3) is 0.200. The lowest BCUT2D eigenvalue weighted by Gasteiger charge is -2.10. The Morgan fingerprint density at radius 2 is 1.92 bits per heavy atom. The monoisotopic (exact) mass is 370 g/mol. The number of benzene rings is 2. The molecule has 0 radical (unpaired) electrons. The lowest BCUT2D eigenvalue weighted by molar-refractivity contribution is -0.112. The summed E-state index contributed by atoms with van der Waals surface area (Å²) >= 11 is 6.16. The Morgan fingerprint density at radius 1 is 1.23 bits per heavy atom. The van der Waals surface area contributed by atoms with Crippen LogP contribution in [0.15, 0.2) is 42.0 Å². The highest BCUT2D eigenvalue weighted by atomic mass is 35.5. The second kappa shape index (κ2) is 8.93. The number of carbonyl (C=O) groups excluding carboxylic acids is 1. The Bertz CT molecular complexity index is 868. The third-order valence-corrected chi connectivity index (χ3v) is 4.03. The topological polar surface area (TPSA) is 71.4 Å². The highest BCUT2D eigenvalue weighted by Gasteiger charge is 2.13. The molecule has 0 aliphatic heterocycles. The Balaban J connectivity index is 2.27. The molecule has 0 aromatic heterocycles. The number of nitrogens with zero attached hydrogens (tertiary/aromatic N) is 1. The molecule has 5 nitrogen and oxygen atoms in total. The molecule has 2 rings (SSSR count). The first-order valence-corrected chi connectivity index (χ1v) is 8.33. The predicted octanol–water partition coefficient (Wildman–Crippen LogP) is 4.47. The Morgan fingerprint density at radius 3 is 2.46 bits per heavy atom. The molecule has 1 amide bonds. The molecule has 0 bridgehead atoms. The van der Waals surface area contributed by atoms with E-state index < -0.39 is 5.91 Å². The van der Waals surface area contributed by atoms with Crippen molar-refractivity contribution in [2.75, 3.05) is 19.5 Å². The maximum absolute atomic E-state index is 12.4. The van der Waals surface area contributed by atoms with Crippen molar-refractivity contribution < 1.29 is 14.3 Å². The van der Waals surface area contributed by atoms with Crippen LogP contribution in [0.5, 0.6) is 11.5 Å². The molecule has 26 heavy (non-hydrogen) atoms. The third-order valence-electron chi connectivity index (χ3n) is 3.75. The zero-order chi connectivity index (χ0) is 19.1. The van der Waals surface area contributed by atoms with Gasteiger partial charge in [-0.25, -0.2) is 0 Å². The standard InChI is InChI=1S/C20H19ClN2O3/c1-4-13-5-7-16(8-6-13)23-20(24)15(12-22)9-14-10-17(21)19(26-3)18(11-14)25-2/h5-11H,4H2,1-3H3,(H,23,24)/b15-9+. The van der Waals surface area contributed by atoms with E-state index in [1.807, 2.05) is 18.2 Å². The number of rotatable bonds is 6. The van der Waals surface area contributed by atoms with Gasteiger partial charge in [-0.3, -0.25) is 4.79 Å². The smallest absolute Gasteiger partial charge is 0.266 e. The van der Waals surface area contributed by atoms with Gasteiger partial charge in [-0.15, -0.1) is 0 Å². The summed E-state index contributed by atoms with van der Waals surface area (Å²) in [7, 11) is 2.97. The van der Waals surface area contributed by atoms with Gasteiger partial charge in [0.15, 0.2) is 11.5 Å². The van der Waals surface area contributed by atoms with Crippen molar-refractivity contribution in [2.24, 2.45) is 0 Å². The van der Waals surface area contributed by atoms with Crippen LogP contribution >= 0.6 is 11.6 Å². The molecule has 0 fully saturated rings. The molecule has 134 valence electrons. The SMILES string of the molecule is CCc1ccc(NC(=O)/C(C#N)=C/c2cc(Cl)c(OC)c(OC)c2)cc1. The summed E-state index contributed by atoms with van der Waals surface area (Å²) in [4.78, 5) is 12.4. The third kappa shape index (κ3) is 4.56. The van der Waals surface area contributed by atoms with Crippen molar-refractivity contribution in [3.8, 4) is 17.6 Å². The number of anilines is 1. The second-order valence-corrected chi connectivity index (χ2v) is 5.82. The van der Waals surface area contributed by atoms with Crippen LogP contribution in [0.1, 0.15) is 18.1 Å². The van der Waals surface area contributed by atoms with E-state index in [-0.39, 0.29) is 5.57 Å². The van der Waals surface area contributed by atoms with Crippen molar-refractivity contribution in [3.63, 3.8) is 0 Å². The van der Waals surface area contributed by atoms with E-state index in [2.05, 4.69) is 12.2 Å². The first-order valence-electron chi connectivity index (χ1n) is 7.96. The Hall–Kier alpha value is -2.97. The van der Waals surface area contributed by atoms with E-state index in [1.165, 1.54) is 25.9 Å². The van der Waals surface area contributed by atoms with Crippen LogP contribution in [0.25, 0.3) is 6.08 Å². The fourth-order valence-corrected chi connectivity index (χ4v) is 2.65. The van der Waals surface area contributed by atoms with Crippen LogP contribution < -0.4 is 14.8 Å². The van der Waals surface area contributed by atoms with Crippen molar-refractivity contribution in [1.29, 1.82) is 5.26 Å². The summed E-state index contributed by atoms with van der Waals surface area (Å²) in [6.45, 7) is 2.05. The lowest BCUT2D eigenvalue weighted by Crippen LogP contribution is -2.13. The molecular weight excluding hydrogens is 352 g/mol. The van der Waals surface area contributed by atoms with Crippen molar-refractivity contribution >= 4 is 29.3 Å². The highest BCUT2D eigenvalue weighted by molar-refractivity contribution is 6.32. The predicted molar refractivity (Wildman–Crippen MR) is 103 cm³/mol. The number of hydrogen-bond donors (Lipinski definition) is 1. The molecule has 0 heterocycles. The first kappa shape index (κ1) is 19.4. The molecule has 2 aromatic rings. The quantitative estimate of drug-likeness (QED) is 0.601. The van der Waals surface area contributed by atoms with E-state index in [0.29, 0.717) is 27.8 Å². The van der Waals surface area contributed by atoms with Crippen LogP contribution in [0.3, 0.4) is 0 Å². The van der Waals surface area contributed by atoms with Gasteiger partial charge in [0.05, 0.1) is 19.2 Å². The van der Waals surface area contributed by atoms with E-state index >= 15 is 0 Å². The minimum absolute atomic E-state index is 0.0483. The molecule has 6 heteroatoms. The second-order valence-electron chi connectivity index (χ2n) is 5.41. The summed E-state index contributed by atoms with van der Waals surface area (Å²) in [5.74, 6) is 0.312. The number of amides is 1. The normalized spacial score (nSPS) is 10.8. The van der Waals surface area contributed by atoms with Gasteiger partial charge in [-0.1, -0.05) is 30.7 Å². The molecule has 1 N–H and O–H groups in total. The van der Waals surface area contributed by atoms with Crippen LogP contribution in [-0.4, -0.2) is 20.1 Å². The summed E-state index contributed by atoms with van der Waals surface area (Å²) in [6, 6.07) is 12.6. The molecule has 0 saturated heterocycles. The highest BCUT2D eigenvalue weighted by Crippen LogP contribution is 2.36. The summed E-state index contributed by atoms with van der Waals surface area (Å²) in [5.41, 5.74) is 2.30. The van der Waals surface area contributed by atoms with Crippen molar-refractivity contribution in [1.82, 2.24) is 0 Å². The number of methoxy groups -OCH3 is 2. The molecule has 0 spiro atoms. The summed E-state index contributed by atoms with van der Waals surface area (Å²) in [6.07, 6.45) is 2.36. The first-order chi connectivity index (χ1) is 12.5. The van der Waals surface area contributed by atoms with E-state index in [1.54, 1.807) is 24.3 Å². The maximum Gasteiger partial charge on any atom is 0.266 e. The molecule has 0 unspecified atom stereocenters. The molecule has 0 aliphatic carbocycles. The minimum Gasteiger partial charge on any atom is -0.493 e. The number of nitriles is 1. The van der Waals surface area contributed by atoms with Gasteiger partial charge < -0.3 is 14.8 Å². The Labute approximate surface area is 157 Å². The largest absolute Gasteiger partial charge is 0.493 e. The van der Waals surface area contributed by atoms with Crippen LogP contribution in [0.4, 0.5) is 5.69 Å². The van der Waals surface area contributed by atoms with Gasteiger partial charge in [0.1, 0.15) is 11.6 Å². The number of halogens is 1. The summed E-state index contributed by atoms with van der Waals surface area (Å²) < 4.78 is 10.4. The molecular formula is C20H19ClN2O3. The van der Waals surface area contributed by atoms with E-state index in [9.17, 15) is 10.1 Å². The van der Waals surface area contributed by atoms with Crippen molar-refractivity contribution in [2.45, 2.75) is 13.3 Å². The van der Waals surface area contributed by atoms with Crippen molar-refractivity contribution in [3.05, 3.63) is 58.1 Å². The fourth-order valence-electron chi connectivity index (χ4n) is 2.36. The van der Waals surface area contributed by atoms with Gasteiger partial charge >= 0.3 is 0 Å². The maximum atomic E-state index is 12.4. The number of carbonyl (C=O) groups is 1. The van der Waals surface area contributed by atoms with Gasteiger partial charge in [0, 0.05) is 5.69 Å². The number of aryl methyl sites for hydroxylation is 1.